The van der Waals surface area contributed by atoms with E-state index in [0.29, 0.717) is 0 Å². The summed E-state index contributed by atoms with van der Waals surface area (Å²) in [5.41, 5.74) is 2.68. The van der Waals surface area contributed by atoms with E-state index in [2.05, 4.69) is 15.8 Å². The normalized spacial score (nSPS) is 10.4. The maximum absolute atomic E-state index is 11.7. The molecule has 0 heterocycles. The van der Waals surface area contributed by atoms with Gasteiger partial charge in [-0.2, -0.15) is 5.10 Å². The van der Waals surface area contributed by atoms with Crippen LogP contribution in [0.5, 0.6) is 11.5 Å². The number of phenolic OH excluding ortho intramolecular Hbond substituents is 1. The van der Waals surface area contributed by atoms with Gasteiger partial charge in [-0.15, -0.1) is 0 Å². The summed E-state index contributed by atoms with van der Waals surface area (Å²) >= 11 is 0. The zero-order valence-electron chi connectivity index (χ0n) is 13.3. The van der Waals surface area contributed by atoms with Crippen LogP contribution in [0.3, 0.4) is 0 Å². The number of hydrogen-bond donors (Lipinski definition) is 3. The van der Waals surface area contributed by atoms with E-state index < -0.39 is 16.5 Å². The van der Waals surface area contributed by atoms with Gasteiger partial charge >= 0.3 is 5.69 Å². The molecule has 9 heteroatoms. The number of hydrazone groups is 1. The Hall–Kier alpha value is -3.62. The minimum atomic E-state index is -0.696. The first-order valence-corrected chi connectivity index (χ1v) is 7.18. The number of methoxy groups -OCH3 is 1. The van der Waals surface area contributed by atoms with Gasteiger partial charge in [-0.3, -0.25) is 14.9 Å². The van der Waals surface area contributed by atoms with Crippen molar-refractivity contribution in [2.75, 3.05) is 19.0 Å². The molecule has 9 nitrogen and oxygen atoms in total. The Morgan fingerprint density at radius 2 is 2.04 bits per heavy atom. The Kier molecular flexibility index (Phi) is 5.88. The molecule has 0 spiro atoms. The molecule has 0 unspecified atom stereocenters. The van der Waals surface area contributed by atoms with Gasteiger partial charge < -0.3 is 15.2 Å². The fraction of sp³-hybridized carbons (Fsp3) is 0.125. The zero-order valence-corrected chi connectivity index (χ0v) is 13.3. The van der Waals surface area contributed by atoms with Crippen molar-refractivity contribution in [1.82, 2.24) is 5.43 Å². The Morgan fingerprint density at radius 3 is 2.68 bits per heavy atom. The number of aromatic hydroxyl groups is 1. The van der Waals surface area contributed by atoms with Crippen molar-refractivity contribution in [1.29, 1.82) is 0 Å². The number of phenols is 1. The molecule has 1 amide bonds. The van der Waals surface area contributed by atoms with Gasteiger partial charge in [0.1, 0.15) is 0 Å². The highest BCUT2D eigenvalue weighted by Gasteiger charge is 2.23. The SMILES string of the molecule is COc1c(O)ccc(/C=N\NC(=O)CNc2ccccc2)c1[N+](=O)[O-]. The van der Waals surface area contributed by atoms with Gasteiger partial charge in [0.15, 0.2) is 5.75 Å². The monoisotopic (exact) mass is 344 g/mol. The zero-order chi connectivity index (χ0) is 18.2. The Balaban J connectivity index is 2.02. The molecule has 0 aliphatic carbocycles. The number of nitro groups is 1. The number of carbonyl (C=O) groups excluding carboxylic acids is 1. The lowest BCUT2D eigenvalue weighted by Crippen LogP contribution is -2.25. The second-order valence-corrected chi connectivity index (χ2v) is 4.83. The van der Waals surface area contributed by atoms with Gasteiger partial charge in [-0.05, 0) is 24.3 Å². The van der Waals surface area contributed by atoms with Crippen LogP contribution in [-0.4, -0.2) is 35.8 Å². The summed E-state index contributed by atoms with van der Waals surface area (Å²) < 4.78 is 4.84. The molecule has 25 heavy (non-hydrogen) atoms. The van der Waals surface area contributed by atoms with E-state index in [1.54, 1.807) is 0 Å². The quantitative estimate of drug-likeness (QED) is 0.400. The summed E-state index contributed by atoms with van der Waals surface area (Å²) in [6.45, 7) is -0.0116. The standard InChI is InChI=1S/C16H16N4O5/c1-25-16-13(21)8-7-11(15(16)20(23)24)9-18-19-14(22)10-17-12-5-3-2-4-6-12/h2-9,17,21H,10H2,1H3,(H,19,22)/b18-9-. The van der Waals surface area contributed by atoms with E-state index >= 15 is 0 Å². The number of para-hydroxylation sites is 1. The molecule has 2 aromatic carbocycles. The van der Waals surface area contributed by atoms with Crippen LogP contribution in [0, 0.1) is 10.1 Å². The van der Waals surface area contributed by atoms with E-state index in [1.807, 2.05) is 30.3 Å². The van der Waals surface area contributed by atoms with Gasteiger partial charge in [0.25, 0.3) is 5.91 Å². The predicted molar refractivity (Wildman–Crippen MR) is 92.0 cm³/mol. The van der Waals surface area contributed by atoms with Crippen molar-refractivity contribution in [2.24, 2.45) is 5.10 Å². The first-order valence-electron chi connectivity index (χ1n) is 7.18. The molecule has 0 aliphatic rings. The number of nitro benzene ring substituents is 1. The third-order valence-electron chi connectivity index (χ3n) is 3.15. The summed E-state index contributed by atoms with van der Waals surface area (Å²) in [6.07, 6.45) is 1.11. The summed E-state index contributed by atoms with van der Waals surface area (Å²) in [5, 5.41) is 27.4. The molecule has 0 aliphatic heterocycles. The van der Waals surface area contributed by atoms with Crippen LogP contribution in [0.15, 0.2) is 47.6 Å². The number of carbonyl (C=O) groups is 1. The van der Waals surface area contributed by atoms with Crippen molar-refractivity contribution in [3.8, 4) is 11.5 Å². The van der Waals surface area contributed by atoms with E-state index in [4.69, 9.17) is 4.74 Å². The molecule has 3 N–H and O–H groups in total. The maximum atomic E-state index is 11.7. The maximum Gasteiger partial charge on any atom is 0.323 e. The van der Waals surface area contributed by atoms with E-state index in [9.17, 15) is 20.0 Å². The predicted octanol–water partition coefficient (Wildman–Crippen LogP) is 1.87. The van der Waals surface area contributed by atoms with Crippen LogP contribution < -0.4 is 15.5 Å². The second kappa shape index (κ2) is 8.29. The highest BCUT2D eigenvalue weighted by molar-refractivity contribution is 5.89. The molecular weight excluding hydrogens is 328 g/mol. The first kappa shape index (κ1) is 17.7. The van der Waals surface area contributed by atoms with Crippen molar-refractivity contribution < 1.29 is 19.6 Å². The highest BCUT2D eigenvalue weighted by Crippen LogP contribution is 2.37. The molecule has 2 aromatic rings. The summed E-state index contributed by atoms with van der Waals surface area (Å²) in [6, 6.07) is 11.7. The average Bonchev–Trinajstić information content (AvgIpc) is 2.61. The largest absolute Gasteiger partial charge is 0.504 e. The minimum absolute atomic E-state index is 0.0116. The highest BCUT2D eigenvalue weighted by atomic mass is 16.6. The Morgan fingerprint density at radius 1 is 1.32 bits per heavy atom. The van der Waals surface area contributed by atoms with Gasteiger partial charge in [0.2, 0.25) is 5.75 Å². The van der Waals surface area contributed by atoms with Gasteiger partial charge in [-0.25, -0.2) is 5.43 Å². The van der Waals surface area contributed by atoms with Gasteiger partial charge in [-0.1, -0.05) is 18.2 Å². The third-order valence-corrected chi connectivity index (χ3v) is 3.15. The smallest absolute Gasteiger partial charge is 0.323 e. The summed E-state index contributed by atoms with van der Waals surface area (Å²) in [5.74, 6) is -1.05. The van der Waals surface area contributed by atoms with Gasteiger partial charge in [0.05, 0.1) is 30.4 Å². The molecule has 0 fully saturated rings. The molecule has 0 bridgehead atoms. The van der Waals surface area contributed by atoms with E-state index in [0.717, 1.165) is 11.9 Å². The molecule has 0 aromatic heterocycles. The topological polar surface area (TPSA) is 126 Å². The van der Waals surface area contributed by atoms with E-state index in [1.165, 1.54) is 19.2 Å². The number of ether oxygens (including phenoxy) is 1. The fourth-order valence-electron chi connectivity index (χ4n) is 2.02. The Bertz CT molecular complexity index is 793. The van der Waals surface area contributed by atoms with Crippen molar-refractivity contribution >= 4 is 23.5 Å². The lowest BCUT2D eigenvalue weighted by atomic mass is 10.1. The number of anilines is 1. The second-order valence-electron chi connectivity index (χ2n) is 4.83. The molecule has 0 radical (unpaired) electrons. The number of benzene rings is 2. The summed E-state index contributed by atoms with van der Waals surface area (Å²) in [7, 11) is 1.21. The lowest BCUT2D eigenvalue weighted by Gasteiger charge is -2.06. The van der Waals surface area contributed by atoms with Crippen LogP contribution in [0.25, 0.3) is 0 Å². The van der Waals surface area contributed by atoms with Crippen molar-refractivity contribution in [3.63, 3.8) is 0 Å². The minimum Gasteiger partial charge on any atom is -0.504 e. The first-order chi connectivity index (χ1) is 12.0. The number of amides is 1. The number of nitrogens with zero attached hydrogens (tertiary/aromatic N) is 2. The molecular formula is C16H16N4O5. The average molecular weight is 344 g/mol. The van der Waals surface area contributed by atoms with Crippen molar-refractivity contribution in [3.05, 3.63) is 58.1 Å². The van der Waals surface area contributed by atoms with Crippen molar-refractivity contribution in [2.45, 2.75) is 0 Å². The van der Waals surface area contributed by atoms with E-state index in [-0.39, 0.29) is 23.6 Å². The fourth-order valence-corrected chi connectivity index (χ4v) is 2.02. The lowest BCUT2D eigenvalue weighted by molar-refractivity contribution is -0.386. The van der Waals surface area contributed by atoms with Gasteiger partial charge in [0, 0.05) is 5.69 Å². The number of hydrogen-bond acceptors (Lipinski definition) is 7. The molecule has 2 rings (SSSR count). The molecule has 0 saturated heterocycles. The van der Waals surface area contributed by atoms with Crippen LogP contribution in [0.1, 0.15) is 5.56 Å². The number of rotatable bonds is 7. The van der Waals surface area contributed by atoms with Crippen LogP contribution in [-0.2, 0) is 4.79 Å². The van der Waals surface area contributed by atoms with Crippen LogP contribution >= 0.6 is 0 Å². The molecule has 0 saturated carbocycles. The van der Waals surface area contributed by atoms with Crippen LogP contribution in [0.2, 0.25) is 0 Å². The molecule has 0 atom stereocenters. The van der Waals surface area contributed by atoms with Crippen LogP contribution in [0.4, 0.5) is 11.4 Å². The Labute approximate surface area is 143 Å². The third kappa shape index (κ3) is 4.67. The summed E-state index contributed by atoms with van der Waals surface area (Å²) in [4.78, 5) is 22.2. The number of nitrogens with one attached hydrogen (secondary N) is 2. The molecule has 130 valence electrons.